The van der Waals surface area contributed by atoms with Gasteiger partial charge >= 0.3 is 5.97 Å². The summed E-state index contributed by atoms with van der Waals surface area (Å²) in [5.74, 6) is -1.02. The first-order valence-corrected chi connectivity index (χ1v) is 6.77. The Morgan fingerprint density at radius 2 is 2.14 bits per heavy atom. The van der Waals surface area contributed by atoms with Crippen LogP contribution in [0.1, 0.15) is 24.8 Å². The molecule has 0 radical (unpaired) electrons. The summed E-state index contributed by atoms with van der Waals surface area (Å²) in [7, 11) is 0. The minimum absolute atomic E-state index is 0.261. The second-order valence-electron chi connectivity index (χ2n) is 4.83. The van der Waals surface area contributed by atoms with Gasteiger partial charge in [0.25, 0.3) is 5.91 Å². The fraction of sp³-hybridized carbons (Fsp3) is 0.400. The lowest BCUT2D eigenvalue weighted by molar-refractivity contribution is -0.152. The summed E-state index contributed by atoms with van der Waals surface area (Å²) in [5, 5.41) is 18.1. The SMILES string of the molecule is N#Cc1ccccc1OCC(=O)N1CCCC[C@@H]1C(=O)O. The van der Waals surface area contributed by atoms with Crippen molar-refractivity contribution >= 4 is 11.9 Å². The van der Waals surface area contributed by atoms with Crippen molar-refractivity contribution in [1.82, 2.24) is 4.90 Å². The number of amides is 1. The Morgan fingerprint density at radius 3 is 2.86 bits per heavy atom. The van der Waals surface area contributed by atoms with Crippen molar-refractivity contribution in [2.24, 2.45) is 0 Å². The molecule has 0 aromatic heterocycles. The summed E-state index contributed by atoms with van der Waals surface area (Å²) in [4.78, 5) is 24.7. The number of nitrogens with zero attached hydrogens (tertiary/aromatic N) is 2. The van der Waals surface area contributed by atoms with Gasteiger partial charge in [0.05, 0.1) is 5.56 Å². The number of likely N-dealkylation sites (tertiary alicyclic amines) is 1. The zero-order valence-electron chi connectivity index (χ0n) is 11.5. The van der Waals surface area contributed by atoms with Crippen LogP contribution in [0.2, 0.25) is 0 Å². The maximum atomic E-state index is 12.1. The Bertz CT molecular complexity index is 579. The number of benzene rings is 1. The number of hydrogen-bond acceptors (Lipinski definition) is 4. The molecule has 1 amide bonds. The highest BCUT2D eigenvalue weighted by molar-refractivity contribution is 5.84. The van der Waals surface area contributed by atoms with Crippen molar-refractivity contribution in [2.45, 2.75) is 25.3 Å². The van der Waals surface area contributed by atoms with Gasteiger partial charge in [-0.3, -0.25) is 4.79 Å². The molecule has 21 heavy (non-hydrogen) atoms. The summed E-state index contributed by atoms with van der Waals surface area (Å²) in [6.07, 6.45) is 2.07. The van der Waals surface area contributed by atoms with Crippen LogP contribution in [-0.2, 0) is 9.59 Å². The van der Waals surface area contributed by atoms with E-state index in [0.29, 0.717) is 24.3 Å². The average molecular weight is 288 g/mol. The molecule has 1 saturated heterocycles. The van der Waals surface area contributed by atoms with Crippen molar-refractivity contribution in [3.63, 3.8) is 0 Å². The van der Waals surface area contributed by atoms with E-state index in [4.69, 9.17) is 15.1 Å². The minimum Gasteiger partial charge on any atom is -0.482 e. The number of carboxylic acids is 1. The average Bonchev–Trinajstić information content (AvgIpc) is 2.52. The van der Waals surface area contributed by atoms with Gasteiger partial charge in [0, 0.05) is 6.54 Å². The highest BCUT2D eigenvalue weighted by Crippen LogP contribution is 2.19. The highest BCUT2D eigenvalue weighted by Gasteiger charge is 2.31. The van der Waals surface area contributed by atoms with Gasteiger partial charge in [-0.05, 0) is 31.4 Å². The van der Waals surface area contributed by atoms with Crippen LogP contribution < -0.4 is 4.74 Å². The van der Waals surface area contributed by atoms with Gasteiger partial charge in [-0.25, -0.2) is 4.79 Å². The highest BCUT2D eigenvalue weighted by atomic mass is 16.5. The van der Waals surface area contributed by atoms with Gasteiger partial charge in [-0.15, -0.1) is 0 Å². The number of carbonyl (C=O) groups is 2. The standard InChI is InChI=1S/C15H16N2O4/c16-9-11-5-1-2-7-13(11)21-10-14(18)17-8-4-3-6-12(17)15(19)20/h1-2,5,7,12H,3-4,6,8,10H2,(H,19,20)/t12-/m1/s1. The van der Waals surface area contributed by atoms with Crippen molar-refractivity contribution in [2.75, 3.05) is 13.2 Å². The van der Waals surface area contributed by atoms with Gasteiger partial charge in [-0.1, -0.05) is 12.1 Å². The summed E-state index contributed by atoms with van der Waals surface area (Å²) < 4.78 is 5.36. The number of hydrogen-bond donors (Lipinski definition) is 1. The Morgan fingerprint density at radius 1 is 1.38 bits per heavy atom. The fourth-order valence-electron chi connectivity index (χ4n) is 2.39. The minimum atomic E-state index is -0.986. The Hall–Kier alpha value is -2.55. The van der Waals surface area contributed by atoms with Crippen molar-refractivity contribution < 1.29 is 19.4 Å². The van der Waals surface area contributed by atoms with Crippen LogP contribution in [-0.4, -0.2) is 41.1 Å². The maximum Gasteiger partial charge on any atom is 0.326 e. The fourth-order valence-corrected chi connectivity index (χ4v) is 2.39. The second kappa shape index (κ2) is 6.75. The predicted octanol–water partition coefficient (Wildman–Crippen LogP) is 1.40. The van der Waals surface area contributed by atoms with Gasteiger partial charge in [0.2, 0.25) is 0 Å². The molecule has 110 valence electrons. The smallest absolute Gasteiger partial charge is 0.326 e. The van der Waals surface area contributed by atoms with Gasteiger partial charge in [0.15, 0.2) is 6.61 Å². The normalized spacial score (nSPS) is 17.9. The molecule has 1 aromatic rings. The first kappa shape index (κ1) is 14.9. The number of ether oxygens (including phenoxy) is 1. The number of rotatable bonds is 4. The molecule has 1 atom stereocenters. The molecule has 6 nitrogen and oxygen atoms in total. The van der Waals surface area contributed by atoms with Crippen LogP contribution in [0.15, 0.2) is 24.3 Å². The first-order chi connectivity index (χ1) is 10.1. The number of carboxylic acid groups (broad SMARTS) is 1. The molecule has 1 aliphatic rings. The molecule has 0 unspecified atom stereocenters. The van der Waals surface area contributed by atoms with Crippen LogP contribution in [0, 0.1) is 11.3 Å². The van der Waals surface area contributed by atoms with E-state index in [0.717, 1.165) is 12.8 Å². The topological polar surface area (TPSA) is 90.6 Å². The lowest BCUT2D eigenvalue weighted by Gasteiger charge is -2.32. The van der Waals surface area contributed by atoms with E-state index >= 15 is 0 Å². The summed E-state index contributed by atoms with van der Waals surface area (Å²) in [6, 6.07) is 7.83. The van der Waals surface area contributed by atoms with Crippen LogP contribution in [0.4, 0.5) is 0 Å². The number of carbonyl (C=O) groups excluding carboxylic acids is 1. The Labute approximate surface area is 122 Å². The first-order valence-electron chi connectivity index (χ1n) is 6.77. The maximum absolute atomic E-state index is 12.1. The van der Waals surface area contributed by atoms with Gasteiger partial charge < -0.3 is 14.7 Å². The molecule has 0 saturated carbocycles. The number of para-hydroxylation sites is 1. The van der Waals surface area contributed by atoms with E-state index in [2.05, 4.69) is 0 Å². The van der Waals surface area contributed by atoms with E-state index in [9.17, 15) is 9.59 Å². The lowest BCUT2D eigenvalue weighted by atomic mass is 10.0. The monoisotopic (exact) mass is 288 g/mol. The molecule has 0 aliphatic carbocycles. The third-order valence-corrected chi connectivity index (χ3v) is 3.47. The van der Waals surface area contributed by atoms with E-state index in [1.54, 1.807) is 24.3 Å². The molecular weight excluding hydrogens is 272 g/mol. The van der Waals surface area contributed by atoms with E-state index in [-0.39, 0.29) is 12.5 Å². The second-order valence-corrected chi connectivity index (χ2v) is 4.83. The predicted molar refractivity (Wildman–Crippen MR) is 73.6 cm³/mol. The molecule has 1 aromatic carbocycles. The Kier molecular flexibility index (Phi) is 4.77. The zero-order valence-corrected chi connectivity index (χ0v) is 11.5. The molecule has 2 rings (SSSR count). The molecule has 1 fully saturated rings. The van der Waals surface area contributed by atoms with E-state index in [1.165, 1.54) is 4.90 Å². The number of aliphatic carboxylic acids is 1. The lowest BCUT2D eigenvalue weighted by Crippen LogP contribution is -2.49. The molecule has 1 aliphatic heterocycles. The Balaban J connectivity index is 2.01. The van der Waals surface area contributed by atoms with Gasteiger partial charge in [0.1, 0.15) is 17.9 Å². The van der Waals surface area contributed by atoms with Crippen LogP contribution in [0.25, 0.3) is 0 Å². The van der Waals surface area contributed by atoms with Crippen molar-refractivity contribution in [1.29, 1.82) is 5.26 Å². The van der Waals surface area contributed by atoms with Crippen LogP contribution in [0.5, 0.6) is 5.75 Å². The summed E-state index contributed by atoms with van der Waals surface area (Å²) in [5.41, 5.74) is 0.346. The summed E-state index contributed by atoms with van der Waals surface area (Å²) >= 11 is 0. The quantitative estimate of drug-likeness (QED) is 0.904. The molecule has 0 spiro atoms. The molecule has 0 bridgehead atoms. The number of piperidine rings is 1. The number of nitriles is 1. The van der Waals surface area contributed by atoms with Crippen LogP contribution >= 0.6 is 0 Å². The van der Waals surface area contributed by atoms with E-state index < -0.39 is 12.0 Å². The van der Waals surface area contributed by atoms with Crippen LogP contribution in [0.3, 0.4) is 0 Å². The molecule has 1 N–H and O–H groups in total. The van der Waals surface area contributed by atoms with Crippen molar-refractivity contribution in [3.05, 3.63) is 29.8 Å². The molecule has 6 heteroatoms. The summed E-state index contributed by atoms with van der Waals surface area (Å²) in [6.45, 7) is 0.168. The largest absolute Gasteiger partial charge is 0.482 e. The zero-order chi connectivity index (χ0) is 15.2. The third kappa shape index (κ3) is 3.51. The molecule has 1 heterocycles. The van der Waals surface area contributed by atoms with E-state index in [1.807, 2.05) is 6.07 Å². The third-order valence-electron chi connectivity index (χ3n) is 3.47. The molecular formula is C15H16N2O4. The van der Waals surface area contributed by atoms with Crippen molar-refractivity contribution in [3.8, 4) is 11.8 Å². The van der Waals surface area contributed by atoms with Gasteiger partial charge in [-0.2, -0.15) is 5.26 Å².